The zero-order valence-corrected chi connectivity index (χ0v) is 32.4. The summed E-state index contributed by atoms with van der Waals surface area (Å²) in [6.07, 6.45) is 54.0. The molecule has 0 rings (SSSR count). The SMILES string of the molecule is CCC=CCC=CCC=CCC=CCC=CCC=CCCC(=O)OC(CO)COC(=O)CCCCCCCCCCCCCCCCCCC. The highest BCUT2D eigenvalue weighted by atomic mass is 16.6. The highest BCUT2D eigenvalue weighted by molar-refractivity contribution is 5.70. The molecule has 286 valence electrons. The molecule has 0 saturated heterocycles. The lowest BCUT2D eigenvalue weighted by Gasteiger charge is -2.15. The topological polar surface area (TPSA) is 72.8 Å². The molecule has 0 aliphatic carbocycles. The molecule has 0 aliphatic rings. The number of hydrogen-bond acceptors (Lipinski definition) is 5. The van der Waals surface area contributed by atoms with Gasteiger partial charge in [0.15, 0.2) is 6.10 Å². The summed E-state index contributed by atoms with van der Waals surface area (Å²) >= 11 is 0. The minimum atomic E-state index is -0.813. The molecule has 50 heavy (non-hydrogen) atoms. The first kappa shape index (κ1) is 47.3. The Morgan fingerprint density at radius 3 is 1.26 bits per heavy atom. The molecule has 0 aliphatic heterocycles. The van der Waals surface area contributed by atoms with Crippen molar-refractivity contribution in [3.8, 4) is 0 Å². The predicted octanol–water partition coefficient (Wildman–Crippen LogP) is 13.0. The average molecular weight is 697 g/mol. The van der Waals surface area contributed by atoms with Gasteiger partial charge in [-0.25, -0.2) is 0 Å². The van der Waals surface area contributed by atoms with Gasteiger partial charge >= 0.3 is 11.9 Å². The monoisotopic (exact) mass is 697 g/mol. The third-order valence-corrected chi connectivity index (χ3v) is 8.53. The van der Waals surface area contributed by atoms with E-state index in [4.69, 9.17) is 9.47 Å². The predicted molar refractivity (Wildman–Crippen MR) is 214 cm³/mol. The Bertz CT molecular complexity index is 926. The van der Waals surface area contributed by atoms with Crippen LogP contribution in [0.5, 0.6) is 0 Å². The molecule has 0 spiro atoms. The van der Waals surface area contributed by atoms with Crippen LogP contribution in [0.15, 0.2) is 72.9 Å². The summed E-state index contributed by atoms with van der Waals surface area (Å²) in [4.78, 5) is 24.2. The van der Waals surface area contributed by atoms with Gasteiger partial charge in [0.25, 0.3) is 0 Å². The lowest BCUT2D eigenvalue weighted by molar-refractivity contribution is -0.161. The van der Waals surface area contributed by atoms with Gasteiger partial charge < -0.3 is 14.6 Å². The molecule has 0 heterocycles. The van der Waals surface area contributed by atoms with E-state index in [1.54, 1.807) is 0 Å². The van der Waals surface area contributed by atoms with E-state index < -0.39 is 12.1 Å². The number of unbranched alkanes of at least 4 members (excludes halogenated alkanes) is 16. The number of ether oxygens (including phenoxy) is 2. The van der Waals surface area contributed by atoms with Crippen LogP contribution in [-0.2, 0) is 19.1 Å². The van der Waals surface area contributed by atoms with Crippen LogP contribution in [0.3, 0.4) is 0 Å². The van der Waals surface area contributed by atoms with Gasteiger partial charge in [-0.15, -0.1) is 0 Å². The van der Waals surface area contributed by atoms with Crippen molar-refractivity contribution in [2.45, 2.75) is 187 Å². The average Bonchev–Trinajstić information content (AvgIpc) is 3.12. The largest absolute Gasteiger partial charge is 0.462 e. The summed E-state index contributed by atoms with van der Waals surface area (Å²) in [5.41, 5.74) is 0. The van der Waals surface area contributed by atoms with Crippen LogP contribution in [0.25, 0.3) is 0 Å². The van der Waals surface area contributed by atoms with E-state index in [1.165, 1.54) is 89.9 Å². The molecule has 0 aromatic heterocycles. The molecule has 0 aromatic rings. The Balaban J connectivity index is 3.68. The van der Waals surface area contributed by atoms with Gasteiger partial charge in [-0.3, -0.25) is 9.59 Å². The molecule has 1 atom stereocenters. The van der Waals surface area contributed by atoms with Crippen LogP contribution < -0.4 is 0 Å². The Morgan fingerprint density at radius 2 is 0.860 bits per heavy atom. The number of aliphatic hydroxyl groups excluding tert-OH is 1. The second-order valence-electron chi connectivity index (χ2n) is 13.3. The number of esters is 2. The normalized spacial score (nSPS) is 12.9. The van der Waals surface area contributed by atoms with Crippen LogP contribution in [0.4, 0.5) is 0 Å². The van der Waals surface area contributed by atoms with E-state index in [2.05, 4.69) is 74.6 Å². The van der Waals surface area contributed by atoms with Crippen molar-refractivity contribution >= 4 is 11.9 Å². The zero-order valence-electron chi connectivity index (χ0n) is 32.4. The van der Waals surface area contributed by atoms with Gasteiger partial charge in [0.1, 0.15) is 6.61 Å². The first-order valence-corrected chi connectivity index (χ1v) is 20.5. The lowest BCUT2D eigenvalue weighted by Crippen LogP contribution is -2.28. The standard InChI is InChI=1S/C45H76O5/c1-3-5-7-9-11-13-15-17-19-21-22-24-26-28-30-32-34-36-38-40-45(48)50-43(41-46)42-49-44(47)39-37-35-33-31-29-27-25-23-20-18-16-14-12-10-8-6-4-2/h5,7,11,13,17,19,22,24,28,30,34,36,43,46H,3-4,6,8-10,12,14-16,18,20-21,23,25-27,29,31-33,35,37-42H2,1-2H3. The molecular weight excluding hydrogens is 620 g/mol. The van der Waals surface area contributed by atoms with Crippen LogP contribution in [0.2, 0.25) is 0 Å². The second kappa shape index (κ2) is 40.8. The molecule has 5 heteroatoms. The molecule has 0 bridgehead atoms. The summed E-state index contributed by atoms with van der Waals surface area (Å²) in [7, 11) is 0. The van der Waals surface area contributed by atoms with E-state index in [0.29, 0.717) is 12.8 Å². The first-order chi connectivity index (χ1) is 24.6. The molecule has 0 aromatic carbocycles. The summed E-state index contributed by atoms with van der Waals surface area (Å²) < 4.78 is 10.6. The van der Waals surface area contributed by atoms with Crippen LogP contribution in [-0.4, -0.2) is 36.4 Å². The molecule has 1 unspecified atom stereocenters. The van der Waals surface area contributed by atoms with Crippen molar-refractivity contribution in [1.82, 2.24) is 0 Å². The van der Waals surface area contributed by atoms with E-state index in [9.17, 15) is 14.7 Å². The first-order valence-electron chi connectivity index (χ1n) is 20.5. The lowest BCUT2D eigenvalue weighted by atomic mass is 10.0. The summed E-state index contributed by atoms with van der Waals surface area (Å²) in [6, 6.07) is 0. The summed E-state index contributed by atoms with van der Waals surface area (Å²) in [5.74, 6) is -0.689. The highest BCUT2D eigenvalue weighted by Gasteiger charge is 2.15. The molecule has 5 nitrogen and oxygen atoms in total. The third-order valence-electron chi connectivity index (χ3n) is 8.53. The molecule has 0 fully saturated rings. The number of hydrogen-bond donors (Lipinski definition) is 1. The summed E-state index contributed by atoms with van der Waals surface area (Å²) in [5, 5.41) is 9.55. The van der Waals surface area contributed by atoms with Crippen molar-refractivity contribution < 1.29 is 24.2 Å². The van der Waals surface area contributed by atoms with Gasteiger partial charge in [-0.05, 0) is 51.4 Å². The number of allylic oxidation sites excluding steroid dienone is 12. The van der Waals surface area contributed by atoms with Gasteiger partial charge in [-0.1, -0.05) is 189 Å². The van der Waals surface area contributed by atoms with Crippen molar-refractivity contribution in [2.75, 3.05) is 13.2 Å². The number of rotatable bonds is 36. The zero-order chi connectivity index (χ0) is 36.4. The smallest absolute Gasteiger partial charge is 0.306 e. The molecular formula is C45H76O5. The van der Waals surface area contributed by atoms with Gasteiger partial charge in [0.05, 0.1) is 6.61 Å². The van der Waals surface area contributed by atoms with Crippen molar-refractivity contribution in [3.05, 3.63) is 72.9 Å². The molecule has 0 amide bonds. The Hall–Kier alpha value is -2.66. The van der Waals surface area contributed by atoms with Crippen molar-refractivity contribution in [3.63, 3.8) is 0 Å². The minimum absolute atomic E-state index is 0.0973. The quantitative estimate of drug-likeness (QED) is 0.0401. The number of carbonyl (C=O) groups excluding carboxylic acids is 2. The van der Waals surface area contributed by atoms with Crippen molar-refractivity contribution in [1.29, 1.82) is 0 Å². The van der Waals surface area contributed by atoms with Crippen molar-refractivity contribution in [2.24, 2.45) is 0 Å². The minimum Gasteiger partial charge on any atom is -0.462 e. The van der Waals surface area contributed by atoms with E-state index in [1.807, 2.05) is 12.2 Å². The summed E-state index contributed by atoms with van der Waals surface area (Å²) in [6.45, 7) is 3.96. The van der Waals surface area contributed by atoms with E-state index in [0.717, 1.165) is 57.8 Å². The third kappa shape index (κ3) is 38.1. The van der Waals surface area contributed by atoms with Crippen LogP contribution in [0.1, 0.15) is 181 Å². The fraction of sp³-hybridized carbons (Fsp3) is 0.689. The maximum Gasteiger partial charge on any atom is 0.306 e. The van der Waals surface area contributed by atoms with E-state index >= 15 is 0 Å². The fourth-order valence-electron chi connectivity index (χ4n) is 5.46. The Labute approximate surface area is 308 Å². The Morgan fingerprint density at radius 1 is 0.480 bits per heavy atom. The Kier molecular flexibility index (Phi) is 38.6. The van der Waals surface area contributed by atoms with Gasteiger partial charge in [0, 0.05) is 12.8 Å². The van der Waals surface area contributed by atoms with Gasteiger partial charge in [-0.2, -0.15) is 0 Å². The maximum absolute atomic E-state index is 12.1. The van der Waals surface area contributed by atoms with Crippen LogP contribution in [0, 0.1) is 0 Å². The molecule has 0 radical (unpaired) electrons. The van der Waals surface area contributed by atoms with Crippen LogP contribution >= 0.6 is 0 Å². The molecule has 0 saturated carbocycles. The van der Waals surface area contributed by atoms with E-state index in [-0.39, 0.29) is 25.6 Å². The van der Waals surface area contributed by atoms with Gasteiger partial charge in [0.2, 0.25) is 0 Å². The number of aliphatic hydroxyl groups is 1. The highest BCUT2D eigenvalue weighted by Crippen LogP contribution is 2.14. The second-order valence-corrected chi connectivity index (χ2v) is 13.3. The fourth-order valence-corrected chi connectivity index (χ4v) is 5.46. The maximum atomic E-state index is 12.1. The molecule has 1 N–H and O–H groups in total. The number of carbonyl (C=O) groups is 2.